The molecule has 0 aromatic rings. The van der Waals surface area contributed by atoms with Crippen LogP contribution in [0, 0.1) is 0 Å². The van der Waals surface area contributed by atoms with Gasteiger partial charge in [-0.3, -0.25) is 0 Å². The Balaban J connectivity index is 0. The van der Waals surface area contributed by atoms with Crippen LogP contribution < -0.4 is 0 Å². The molecule has 0 aromatic heterocycles. The standard InChI is InChI=1S/C15H26O4.2CH3.Sn/c1-6-11(10-14(3,4)18)8-9-12(7-2)15(5,19)13(16)17;;;/h8-9,18-19H,6-7,10H2,1-5H3,(H,16,17);2*1H3;/b11-8+,12-9+;;;. The van der Waals surface area contributed by atoms with Crippen LogP contribution in [0.4, 0.5) is 0 Å². The van der Waals surface area contributed by atoms with Gasteiger partial charge in [0.2, 0.25) is 0 Å². The first kappa shape index (κ1) is 23.9. The van der Waals surface area contributed by atoms with Gasteiger partial charge in [0.25, 0.3) is 0 Å². The van der Waals surface area contributed by atoms with Gasteiger partial charge in [0, 0.05) is 0 Å². The summed E-state index contributed by atoms with van der Waals surface area (Å²) < 4.78 is 0. The second-order valence-electron chi connectivity index (χ2n) is 6.09. The van der Waals surface area contributed by atoms with Crippen molar-refractivity contribution in [3.63, 3.8) is 0 Å². The molecule has 1 atom stereocenters. The van der Waals surface area contributed by atoms with Crippen LogP contribution in [-0.4, -0.2) is 53.6 Å². The van der Waals surface area contributed by atoms with E-state index in [4.69, 9.17) is 5.11 Å². The average molecular weight is 419 g/mol. The van der Waals surface area contributed by atoms with E-state index in [9.17, 15) is 15.0 Å². The number of hydrogen-bond acceptors (Lipinski definition) is 3. The second kappa shape index (κ2) is 11.2. The summed E-state index contributed by atoms with van der Waals surface area (Å²) in [6.07, 6.45) is 5.20. The van der Waals surface area contributed by atoms with E-state index in [0.29, 0.717) is 18.4 Å². The van der Waals surface area contributed by atoms with Crippen LogP contribution in [0.5, 0.6) is 0 Å². The normalized spacial score (nSPS) is 15.7. The Morgan fingerprint density at radius 2 is 1.50 bits per heavy atom. The Hall–Kier alpha value is -0.331. The Bertz CT molecular complexity index is 390. The third-order valence-corrected chi connectivity index (χ3v) is 3.06. The number of allylic oxidation sites excluding steroid dienone is 2. The van der Waals surface area contributed by atoms with E-state index in [-0.39, 0.29) is 21.1 Å². The van der Waals surface area contributed by atoms with Crippen LogP contribution in [0.15, 0.2) is 23.3 Å². The number of carboxylic acid groups (broad SMARTS) is 1. The van der Waals surface area contributed by atoms with Gasteiger partial charge >= 0.3 is 37.0 Å². The van der Waals surface area contributed by atoms with Crippen molar-refractivity contribution in [1.82, 2.24) is 0 Å². The van der Waals surface area contributed by atoms with E-state index < -0.39 is 17.2 Å². The van der Waals surface area contributed by atoms with E-state index in [0.717, 1.165) is 12.0 Å². The Kier molecular flexibility index (Phi) is 12.2. The molecule has 0 heterocycles. The summed E-state index contributed by atoms with van der Waals surface area (Å²) in [7, 11) is 0. The minimum atomic E-state index is -1.85. The van der Waals surface area contributed by atoms with Gasteiger partial charge in [-0.15, -0.1) is 0 Å². The van der Waals surface area contributed by atoms with E-state index >= 15 is 0 Å². The van der Waals surface area contributed by atoms with Crippen molar-refractivity contribution in [2.45, 2.75) is 75.0 Å². The molecule has 0 aliphatic rings. The molecule has 0 aliphatic heterocycles. The van der Waals surface area contributed by atoms with Gasteiger partial charge in [-0.2, -0.15) is 0 Å². The van der Waals surface area contributed by atoms with Crippen LogP contribution in [-0.2, 0) is 4.79 Å². The SMILES string of the molecule is CC/C(=C\C=C(/CC)C(C)(O)C(=O)O)CC(C)(C)O.[CH3][Sn][CH3]. The molecule has 0 amide bonds. The van der Waals surface area contributed by atoms with Gasteiger partial charge in [0.1, 0.15) is 0 Å². The summed E-state index contributed by atoms with van der Waals surface area (Å²) in [5.74, 6) is -1.26. The maximum atomic E-state index is 11.0. The van der Waals surface area contributed by atoms with Crippen LogP contribution >= 0.6 is 0 Å². The first-order valence-corrected chi connectivity index (χ1v) is 13.3. The van der Waals surface area contributed by atoms with Gasteiger partial charge < -0.3 is 15.3 Å². The molecule has 0 fully saturated rings. The number of carboxylic acids is 1. The van der Waals surface area contributed by atoms with Crippen LogP contribution in [0.3, 0.4) is 0 Å². The van der Waals surface area contributed by atoms with Gasteiger partial charge in [-0.1, -0.05) is 31.6 Å². The Labute approximate surface area is 145 Å². The molecule has 0 rings (SSSR count). The molecule has 3 N–H and O–H groups in total. The summed E-state index contributed by atoms with van der Waals surface area (Å²) in [5, 5.41) is 28.7. The van der Waals surface area contributed by atoms with Crippen LogP contribution in [0.25, 0.3) is 0 Å². The Morgan fingerprint density at radius 1 is 1.05 bits per heavy atom. The number of rotatable bonds is 7. The zero-order valence-electron chi connectivity index (χ0n) is 15.0. The van der Waals surface area contributed by atoms with E-state index in [1.54, 1.807) is 32.9 Å². The zero-order valence-corrected chi connectivity index (χ0v) is 17.9. The monoisotopic (exact) mass is 420 g/mol. The van der Waals surface area contributed by atoms with E-state index in [2.05, 4.69) is 9.88 Å². The number of aliphatic hydroxyl groups is 2. The molecule has 128 valence electrons. The molecule has 0 bridgehead atoms. The van der Waals surface area contributed by atoms with Crippen molar-refractivity contribution in [1.29, 1.82) is 0 Å². The molecular weight excluding hydrogens is 387 g/mol. The van der Waals surface area contributed by atoms with Gasteiger partial charge in [-0.05, 0) is 45.6 Å². The molecule has 0 aliphatic carbocycles. The van der Waals surface area contributed by atoms with E-state index in [1.807, 2.05) is 6.92 Å². The summed E-state index contributed by atoms with van der Waals surface area (Å²) >= 11 is 0.230. The molecule has 0 saturated heterocycles. The van der Waals surface area contributed by atoms with Crippen molar-refractivity contribution < 1.29 is 20.1 Å². The fourth-order valence-corrected chi connectivity index (χ4v) is 1.84. The minimum absolute atomic E-state index is 0.230. The summed E-state index contributed by atoms with van der Waals surface area (Å²) in [4.78, 5) is 15.6. The van der Waals surface area contributed by atoms with Crippen LogP contribution in [0.2, 0.25) is 9.88 Å². The molecule has 5 heteroatoms. The molecule has 4 nitrogen and oxygen atoms in total. The van der Waals surface area contributed by atoms with Crippen molar-refractivity contribution in [3.05, 3.63) is 23.3 Å². The third-order valence-electron chi connectivity index (χ3n) is 3.06. The predicted octanol–water partition coefficient (Wildman–Crippen LogP) is 3.44. The quantitative estimate of drug-likeness (QED) is 0.437. The van der Waals surface area contributed by atoms with Crippen molar-refractivity contribution in [3.8, 4) is 0 Å². The summed E-state index contributed by atoms with van der Waals surface area (Å²) in [5.41, 5.74) is -1.18. The molecule has 22 heavy (non-hydrogen) atoms. The molecule has 0 saturated carbocycles. The molecule has 1 unspecified atom stereocenters. The zero-order chi connectivity index (χ0) is 18.0. The maximum absolute atomic E-state index is 11.0. The molecular formula is C17H32O4Sn. The topological polar surface area (TPSA) is 77.8 Å². The summed E-state index contributed by atoms with van der Waals surface area (Å²) in [6, 6.07) is 0. The number of carbonyl (C=O) groups is 1. The van der Waals surface area contributed by atoms with Gasteiger partial charge in [0.15, 0.2) is 5.60 Å². The molecule has 2 radical (unpaired) electrons. The molecule has 0 aromatic carbocycles. The van der Waals surface area contributed by atoms with E-state index in [1.165, 1.54) is 6.92 Å². The number of hydrogen-bond donors (Lipinski definition) is 3. The Morgan fingerprint density at radius 3 is 1.77 bits per heavy atom. The van der Waals surface area contributed by atoms with Gasteiger partial charge in [0.05, 0.1) is 5.60 Å². The predicted molar refractivity (Wildman–Crippen MR) is 93.4 cm³/mol. The second-order valence-corrected chi connectivity index (χ2v) is 8.94. The van der Waals surface area contributed by atoms with Crippen molar-refractivity contribution >= 4 is 27.1 Å². The first-order chi connectivity index (χ1) is 9.96. The number of aliphatic carboxylic acids is 1. The van der Waals surface area contributed by atoms with Crippen molar-refractivity contribution in [2.24, 2.45) is 0 Å². The summed E-state index contributed by atoms with van der Waals surface area (Å²) in [6.45, 7) is 8.52. The van der Waals surface area contributed by atoms with Crippen molar-refractivity contribution in [2.75, 3.05) is 0 Å². The van der Waals surface area contributed by atoms with Crippen LogP contribution in [0.1, 0.15) is 53.9 Å². The first-order valence-electron chi connectivity index (χ1n) is 7.61. The fraction of sp³-hybridized carbons (Fsp3) is 0.706. The molecule has 0 spiro atoms. The third kappa shape index (κ3) is 10.4. The average Bonchev–Trinajstić information content (AvgIpc) is 2.37. The van der Waals surface area contributed by atoms with Gasteiger partial charge in [-0.25, -0.2) is 4.79 Å². The fourth-order valence-electron chi connectivity index (χ4n) is 1.84.